The number of hydrogen-bond acceptors (Lipinski definition) is 4. The molecule has 0 radical (unpaired) electrons. The molecule has 0 atom stereocenters. The highest BCUT2D eigenvalue weighted by molar-refractivity contribution is 9.10. The Morgan fingerprint density at radius 2 is 2.05 bits per heavy atom. The zero-order valence-corrected chi connectivity index (χ0v) is 12.5. The Morgan fingerprint density at radius 3 is 2.74 bits per heavy atom. The third-order valence-corrected chi connectivity index (χ3v) is 2.71. The minimum atomic E-state index is -0.546. The smallest absolute Gasteiger partial charge is 0.413 e. The predicted octanol–water partition coefficient (Wildman–Crippen LogP) is 3.74. The number of hydrogen-bond donors (Lipinski definition) is 1. The molecule has 1 amide bonds. The van der Waals surface area contributed by atoms with Gasteiger partial charge in [0.1, 0.15) is 17.7 Å². The molecule has 5 nitrogen and oxygen atoms in total. The van der Waals surface area contributed by atoms with Gasteiger partial charge in [-0.3, -0.25) is 5.32 Å². The van der Waals surface area contributed by atoms with Crippen LogP contribution in [0.25, 0.3) is 10.9 Å². The fourth-order valence-electron chi connectivity index (χ4n) is 1.53. The first kappa shape index (κ1) is 13.7. The third kappa shape index (κ3) is 3.64. The summed E-state index contributed by atoms with van der Waals surface area (Å²) >= 11 is 3.38. The Morgan fingerprint density at radius 1 is 1.32 bits per heavy atom. The summed E-state index contributed by atoms with van der Waals surface area (Å²) in [6.45, 7) is 5.42. The van der Waals surface area contributed by atoms with E-state index in [1.807, 2.05) is 39.0 Å². The van der Waals surface area contributed by atoms with Crippen LogP contribution >= 0.6 is 15.9 Å². The van der Waals surface area contributed by atoms with E-state index in [9.17, 15) is 4.79 Å². The molecule has 1 aromatic heterocycles. The molecule has 2 rings (SSSR count). The van der Waals surface area contributed by atoms with Crippen molar-refractivity contribution in [3.8, 4) is 0 Å². The summed E-state index contributed by atoms with van der Waals surface area (Å²) in [5.41, 5.74) is 0.200. The van der Waals surface area contributed by atoms with Gasteiger partial charge in [0.05, 0.1) is 5.52 Å². The van der Waals surface area contributed by atoms with Crippen LogP contribution in [-0.2, 0) is 4.74 Å². The van der Waals surface area contributed by atoms with Crippen molar-refractivity contribution in [1.29, 1.82) is 0 Å². The number of amides is 1. The summed E-state index contributed by atoms with van der Waals surface area (Å²) in [6.07, 6.45) is 0.872. The number of fused-ring (bicyclic) bond motifs is 1. The summed E-state index contributed by atoms with van der Waals surface area (Å²) in [6, 6.07) is 5.56. The number of aromatic nitrogens is 2. The van der Waals surface area contributed by atoms with Crippen molar-refractivity contribution in [2.45, 2.75) is 26.4 Å². The molecule has 1 aromatic carbocycles. The summed E-state index contributed by atoms with van der Waals surface area (Å²) in [5, 5.41) is 3.39. The number of carbonyl (C=O) groups is 1. The van der Waals surface area contributed by atoms with Crippen molar-refractivity contribution in [3.05, 3.63) is 29.0 Å². The van der Waals surface area contributed by atoms with Gasteiger partial charge in [-0.25, -0.2) is 14.8 Å². The number of ether oxygens (including phenoxy) is 1. The third-order valence-electron chi connectivity index (χ3n) is 2.22. The van der Waals surface area contributed by atoms with Crippen LogP contribution in [0, 0.1) is 0 Å². The molecule has 0 spiro atoms. The molecule has 0 aliphatic rings. The van der Waals surface area contributed by atoms with E-state index in [0.29, 0.717) is 5.82 Å². The second-order valence-corrected chi connectivity index (χ2v) is 5.93. The van der Waals surface area contributed by atoms with Crippen LogP contribution in [-0.4, -0.2) is 21.7 Å². The van der Waals surface area contributed by atoms with E-state index < -0.39 is 11.7 Å². The predicted molar refractivity (Wildman–Crippen MR) is 77.1 cm³/mol. The van der Waals surface area contributed by atoms with Gasteiger partial charge >= 0.3 is 6.09 Å². The highest BCUT2D eigenvalue weighted by Crippen LogP contribution is 2.23. The Kier molecular flexibility index (Phi) is 3.71. The van der Waals surface area contributed by atoms with Gasteiger partial charge < -0.3 is 4.74 Å². The molecule has 0 saturated carbocycles. The lowest BCUT2D eigenvalue weighted by atomic mass is 10.2. The summed E-state index contributed by atoms with van der Waals surface area (Å²) < 4.78 is 6.11. The topological polar surface area (TPSA) is 64.1 Å². The van der Waals surface area contributed by atoms with Crippen molar-refractivity contribution in [1.82, 2.24) is 9.97 Å². The van der Waals surface area contributed by atoms with E-state index in [-0.39, 0.29) is 0 Å². The molecule has 1 N–H and O–H groups in total. The summed E-state index contributed by atoms with van der Waals surface area (Å²) in [4.78, 5) is 20.0. The van der Waals surface area contributed by atoms with Crippen molar-refractivity contribution in [3.63, 3.8) is 0 Å². The van der Waals surface area contributed by atoms with Gasteiger partial charge in [0.25, 0.3) is 0 Å². The maximum Gasteiger partial charge on any atom is 0.413 e. The molecular formula is C13H14BrN3O2. The van der Waals surface area contributed by atoms with Gasteiger partial charge in [-0.2, -0.15) is 0 Å². The van der Waals surface area contributed by atoms with Crippen LogP contribution in [0.1, 0.15) is 20.8 Å². The Hall–Kier alpha value is -1.69. The number of nitrogens with zero attached hydrogens (tertiary/aromatic N) is 2. The quantitative estimate of drug-likeness (QED) is 0.868. The minimum Gasteiger partial charge on any atom is -0.444 e. The maximum absolute atomic E-state index is 11.7. The molecule has 100 valence electrons. The number of rotatable bonds is 1. The van der Waals surface area contributed by atoms with Crippen LogP contribution in [0.5, 0.6) is 0 Å². The fourth-order valence-corrected chi connectivity index (χ4v) is 1.88. The van der Waals surface area contributed by atoms with E-state index in [4.69, 9.17) is 4.74 Å². The van der Waals surface area contributed by atoms with E-state index >= 15 is 0 Å². The van der Waals surface area contributed by atoms with Crippen molar-refractivity contribution in [2.75, 3.05) is 5.32 Å². The van der Waals surface area contributed by atoms with Crippen LogP contribution in [0.15, 0.2) is 29.0 Å². The Bertz CT molecular complexity index is 623. The molecule has 0 unspecified atom stereocenters. The Balaban J connectivity index is 2.28. The van der Waals surface area contributed by atoms with Crippen LogP contribution in [0.3, 0.4) is 0 Å². The van der Waals surface area contributed by atoms with Gasteiger partial charge in [-0.15, -0.1) is 0 Å². The van der Waals surface area contributed by atoms with Crippen LogP contribution < -0.4 is 5.32 Å². The molecule has 0 aliphatic carbocycles. The molecular weight excluding hydrogens is 310 g/mol. The van der Waals surface area contributed by atoms with E-state index in [1.165, 1.54) is 6.33 Å². The van der Waals surface area contributed by atoms with Gasteiger partial charge in [-0.05, 0) is 39.0 Å². The van der Waals surface area contributed by atoms with Crippen molar-refractivity contribution in [2.24, 2.45) is 0 Å². The first-order chi connectivity index (χ1) is 8.85. The Labute approximate surface area is 119 Å². The maximum atomic E-state index is 11.7. The lowest BCUT2D eigenvalue weighted by Gasteiger charge is -2.19. The fraction of sp³-hybridized carbons (Fsp3) is 0.308. The summed E-state index contributed by atoms with van der Waals surface area (Å²) in [5.74, 6) is 0.437. The zero-order valence-electron chi connectivity index (χ0n) is 10.9. The molecule has 19 heavy (non-hydrogen) atoms. The van der Waals surface area contributed by atoms with Crippen LogP contribution in [0.2, 0.25) is 0 Å². The lowest BCUT2D eigenvalue weighted by molar-refractivity contribution is 0.0635. The van der Waals surface area contributed by atoms with E-state index in [2.05, 4.69) is 31.2 Å². The zero-order chi connectivity index (χ0) is 14.0. The number of halogens is 1. The number of anilines is 1. The van der Waals surface area contributed by atoms with E-state index in [1.54, 1.807) is 0 Å². The first-order valence-corrected chi connectivity index (χ1v) is 6.55. The van der Waals surface area contributed by atoms with Crippen molar-refractivity contribution < 1.29 is 9.53 Å². The standard InChI is InChI=1S/C13H14BrN3O2/c1-13(2,3)19-12(18)17-11-9-5-4-8(14)6-10(9)15-7-16-11/h4-7H,1-3H3,(H,15,16,17,18). The molecule has 6 heteroatoms. The highest BCUT2D eigenvalue weighted by Gasteiger charge is 2.17. The van der Waals surface area contributed by atoms with E-state index in [0.717, 1.165) is 15.4 Å². The monoisotopic (exact) mass is 323 g/mol. The van der Waals surface area contributed by atoms with Crippen molar-refractivity contribution >= 4 is 38.7 Å². The number of benzene rings is 1. The number of nitrogens with one attached hydrogen (secondary N) is 1. The molecule has 1 heterocycles. The first-order valence-electron chi connectivity index (χ1n) is 5.75. The highest BCUT2D eigenvalue weighted by atomic mass is 79.9. The normalized spacial score (nSPS) is 11.4. The molecule has 0 aliphatic heterocycles. The second-order valence-electron chi connectivity index (χ2n) is 5.01. The number of carbonyl (C=O) groups excluding carboxylic acids is 1. The lowest BCUT2D eigenvalue weighted by Crippen LogP contribution is -2.27. The minimum absolute atomic E-state index is 0.437. The van der Waals surface area contributed by atoms with Gasteiger partial charge in [0, 0.05) is 9.86 Å². The van der Waals surface area contributed by atoms with Gasteiger partial charge in [0.2, 0.25) is 0 Å². The molecule has 0 saturated heterocycles. The molecule has 0 bridgehead atoms. The average Bonchev–Trinajstić information content (AvgIpc) is 2.26. The largest absolute Gasteiger partial charge is 0.444 e. The van der Waals surface area contributed by atoms with Gasteiger partial charge in [-0.1, -0.05) is 15.9 Å². The average molecular weight is 324 g/mol. The second kappa shape index (κ2) is 5.13. The van der Waals surface area contributed by atoms with Crippen LogP contribution in [0.4, 0.5) is 10.6 Å². The molecule has 0 fully saturated rings. The molecule has 2 aromatic rings. The van der Waals surface area contributed by atoms with Gasteiger partial charge in [0.15, 0.2) is 0 Å². The SMILES string of the molecule is CC(C)(C)OC(=O)Nc1ncnc2cc(Br)ccc12. The summed E-state index contributed by atoms with van der Waals surface area (Å²) in [7, 11) is 0.